The van der Waals surface area contributed by atoms with Crippen LogP contribution in [0.3, 0.4) is 0 Å². The van der Waals surface area contributed by atoms with Gasteiger partial charge in [-0.1, -0.05) is 17.7 Å². The van der Waals surface area contributed by atoms with Gasteiger partial charge in [0.1, 0.15) is 4.90 Å². The third-order valence-electron chi connectivity index (χ3n) is 2.27. The van der Waals surface area contributed by atoms with Crippen molar-refractivity contribution in [2.75, 3.05) is 6.54 Å². The van der Waals surface area contributed by atoms with Crippen molar-refractivity contribution in [2.45, 2.75) is 17.4 Å². The average molecular weight is 312 g/mol. The minimum atomic E-state index is -4.31. The van der Waals surface area contributed by atoms with Crippen LogP contribution in [0.1, 0.15) is 6.92 Å². The first-order valence-corrected chi connectivity index (χ1v) is 6.83. The molecule has 1 rings (SSSR count). The summed E-state index contributed by atoms with van der Waals surface area (Å²) in [5.74, 6) is -2.76. The van der Waals surface area contributed by atoms with Crippen LogP contribution in [0.15, 0.2) is 23.1 Å². The maximum Gasteiger partial charge on any atom is 0.336 e. The van der Waals surface area contributed by atoms with Crippen molar-refractivity contribution in [1.82, 2.24) is 4.72 Å². The third kappa shape index (κ3) is 3.63. The van der Waals surface area contributed by atoms with Gasteiger partial charge in [0, 0.05) is 0 Å². The summed E-state index contributed by atoms with van der Waals surface area (Å²) in [6.07, 6.45) is 0. The van der Waals surface area contributed by atoms with Crippen molar-refractivity contribution in [1.29, 1.82) is 0 Å². The van der Waals surface area contributed by atoms with Crippen LogP contribution in [0.5, 0.6) is 0 Å². The van der Waals surface area contributed by atoms with Crippen LogP contribution < -0.4 is 4.72 Å². The van der Waals surface area contributed by atoms with Crippen molar-refractivity contribution in [3.63, 3.8) is 0 Å². The molecule has 0 heterocycles. The van der Waals surface area contributed by atoms with Gasteiger partial charge in [0.15, 0.2) is 11.4 Å². The highest BCUT2D eigenvalue weighted by Crippen LogP contribution is 2.21. The monoisotopic (exact) mass is 311 g/mol. The molecular weight excluding hydrogens is 301 g/mol. The second kappa shape index (κ2) is 5.41. The first kappa shape index (κ1) is 15.8. The Morgan fingerprint density at radius 2 is 2.11 bits per heavy atom. The highest BCUT2D eigenvalue weighted by molar-refractivity contribution is 7.89. The van der Waals surface area contributed by atoms with Gasteiger partial charge >= 0.3 is 5.97 Å². The predicted octanol–water partition coefficient (Wildman–Crippen LogP) is 0.593. The second-order valence-electron chi connectivity index (χ2n) is 3.96. The number of aliphatic carboxylic acids is 1. The number of hydrogen-bond donors (Lipinski definition) is 3. The zero-order valence-corrected chi connectivity index (χ0v) is 11.3. The minimum Gasteiger partial charge on any atom is -0.479 e. The molecule has 9 heteroatoms. The molecule has 0 aromatic heterocycles. The van der Waals surface area contributed by atoms with Crippen molar-refractivity contribution >= 4 is 27.6 Å². The highest BCUT2D eigenvalue weighted by Gasteiger charge is 2.32. The maximum absolute atomic E-state index is 13.5. The van der Waals surface area contributed by atoms with Crippen LogP contribution in [-0.4, -0.2) is 36.7 Å². The molecule has 0 bridgehead atoms. The van der Waals surface area contributed by atoms with Gasteiger partial charge in [0.25, 0.3) is 0 Å². The molecule has 0 spiro atoms. The van der Waals surface area contributed by atoms with Gasteiger partial charge < -0.3 is 10.2 Å². The molecule has 0 radical (unpaired) electrons. The number of carbonyl (C=O) groups is 1. The van der Waals surface area contributed by atoms with Gasteiger partial charge in [-0.3, -0.25) is 0 Å². The second-order valence-corrected chi connectivity index (χ2v) is 6.10. The summed E-state index contributed by atoms with van der Waals surface area (Å²) in [6.45, 7) is 0.100. The standard InChI is InChI=1S/C10H11ClFNO5S/c1-10(16,9(14)15)5-13-19(17,18)7-4-2-3-6(11)8(7)12/h2-4,13,16H,5H2,1H3,(H,14,15). The lowest BCUT2D eigenvalue weighted by Crippen LogP contribution is -2.46. The van der Waals surface area contributed by atoms with E-state index in [1.807, 2.05) is 4.72 Å². The fourth-order valence-electron chi connectivity index (χ4n) is 1.08. The molecule has 1 aromatic rings. The molecule has 0 aliphatic rings. The van der Waals surface area contributed by atoms with Crippen LogP contribution in [0, 0.1) is 5.82 Å². The molecular formula is C10H11ClFNO5S. The number of sulfonamides is 1. The first-order valence-electron chi connectivity index (χ1n) is 4.97. The SMILES string of the molecule is CC(O)(CNS(=O)(=O)c1cccc(Cl)c1F)C(=O)O. The summed E-state index contributed by atoms with van der Waals surface area (Å²) in [4.78, 5) is 9.89. The Labute approximate surface area is 113 Å². The number of rotatable bonds is 5. The van der Waals surface area contributed by atoms with E-state index in [9.17, 15) is 22.7 Å². The Morgan fingerprint density at radius 1 is 1.53 bits per heavy atom. The van der Waals surface area contributed by atoms with E-state index in [2.05, 4.69) is 0 Å². The Balaban J connectivity index is 3.01. The van der Waals surface area contributed by atoms with E-state index in [1.54, 1.807) is 0 Å². The fraction of sp³-hybridized carbons (Fsp3) is 0.300. The normalized spacial score (nSPS) is 14.9. The van der Waals surface area contributed by atoms with Gasteiger partial charge in [-0.15, -0.1) is 0 Å². The Bertz CT molecular complexity index is 602. The average Bonchev–Trinajstić information content (AvgIpc) is 2.30. The van der Waals surface area contributed by atoms with Crippen molar-refractivity contribution < 1.29 is 27.8 Å². The Morgan fingerprint density at radius 3 is 2.63 bits per heavy atom. The largest absolute Gasteiger partial charge is 0.479 e. The van der Waals surface area contributed by atoms with E-state index < -0.39 is 38.9 Å². The van der Waals surface area contributed by atoms with E-state index in [0.717, 1.165) is 13.0 Å². The molecule has 0 fully saturated rings. The molecule has 0 saturated heterocycles. The quantitative estimate of drug-likeness (QED) is 0.738. The molecule has 0 saturated carbocycles. The summed E-state index contributed by atoms with van der Waals surface area (Å²) < 4.78 is 38.9. The molecule has 6 nitrogen and oxygen atoms in total. The molecule has 0 amide bonds. The zero-order chi connectivity index (χ0) is 14.8. The van der Waals surface area contributed by atoms with Gasteiger partial charge in [-0.2, -0.15) is 0 Å². The topological polar surface area (TPSA) is 104 Å². The van der Waals surface area contributed by atoms with Crippen molar-refractivity contribution in [2.24, 2.45) is 0 Å². The van der Waals surface area contributed by atoms with Crippen LogP contribution in [-0.2, 0) is 14.8 Å². The summed E-state index contributed by atoms with van der Waals surface area (Å²) in [6, 6.07) is 3.37. The Kier molecular flexibility index (Phi) is 4.51. The van der Waals surface area contributed by atoms with Crippen LogP contribution in [0.25, 0.3) is 0 Å². The van der Waals surface area contributed by atoms with Crippen LogP contribution >= 0.6 is 11.6 Å². The van der Waals surface area contributed by atoms with E-state index in [1.165, 1.54) is 12.1 Å². The number of benzene rings is 1. The molecule has 3 N–H and O–H groups in total. The number of carboxylic acids is 1. The zero-order valence-electron chi connectivity index (χ0n) is 9.72. The molecule has 0 aliphatic heterocycles. The summed E-state index contributed by atoms with van der Waals surface area (Å²) in [5, 5.41) is 17.6. The smallest absolute Gasteiger partial charge is 0.336 e. The van der Waals surface area contributed by atoms with E-state index >= 15 is 0 Å². The fourth-order valence-corrected chi connectivity index (χ4v) is 2.54. The molecule has 0 aliphatic carbocycles. The van der Waals surface area contributed by atoms with E-state index in [4.69, 9.17) is 16.7 Å². The van der Waals surface area contributed by atoms with E-state index in [-0.39, 0.29) is 5.02 Å². The highest BCUT2D eigenvalue weighted by atomic mass is 35.5. The number of hydrogen-bond acceptors (Lipinski definition) is 4. The molecule has 106 valence electrons. The predicted molar refractivity (Wildman–Crippen MR) is 64.9 cm³/mol. The van der Waals surface area contributed by atoms with Crippen LogP contribution in [0.2, 0.25) is 5.02 Å². The first-order chi connectivity index (χ1) is 8.58. The van der Waals surface area contributed by atoms with Gasteiger partial charge in [-0.05, 0) is 19.1 Å². The summed E-state index contributed by atoms with van der Waals surface area (Å²) in [5.41, 5.74) is -2.30. The lowest BCUT2D eigenvalue weighted by atomic mass is 10.1. The van der Waals surface area contributed by atoms with E-state index in [0.29, 0.717) is 0 Å². The number of carboxylic acid groups (broad SMARTS) is 1. The van der Waals surface area contributed by atoms with Gasteiger partial charge in [0.2, 0.25) is 10.0 Å². The van der Waals surface area contributed by atoms with Gasteiger partial charge in [0.05, 0.1) is 11.6 Å². The minimum absolute atomic E-state index is 0.382. The lowest BCUT2D eigenvalue weighted by Gasteiger charge is -2.18. The number of halogens is 2. The molecule has 1 aromatic carbocycles. The molecule has 19 heavy (non-hydrogen) atoms. The van der Waals surface area contributed by atoms with Crippen LogP contribution in [0.4, 0.5) is 4.39 Å². The molecule has 1 atom stereocenters. The lowest BCUT2D eigenvalue weighted by molar-refractivity contribution is -0.155. The number of aliphatic hydroxyl groups is 1. The van der Waals surface area contributed by atoms with Gasteiger partial charge in [-0.25, -0.2) is 22.3 Å². The summed E-state index contributed by atoms with van der Waals surface area (Å²) >= 11 is 5.45. The molecule has 1 unspecified atom stereocenters. The maximum atomic E-state index is 13.5. The third-order valence-corrected chi connectivity index (χ3v) is 3.98. The Hall–Kier alpha value is -1.22. The van der Waals surface area contributed by atoms with Crippen molar-refractivity contribution in [3.8, 4) is 0 Å². The van der Waals surface area contributed by atoms with Crippen molar-refractivity contribution in [3.05, 3.63) is 29.0 Å². The summed E-state index contributed by atoms with van der Waals surface area (Å²) in [7, 11) is -4.31. The number of nitrogens with one attached hydrogen (secondary N) is 1.